The Morgan fingerprint density at radius 1 is 1.33 bits per heavy atom. The number of allylic oxidation sites excluding steroid dienone is 1. The van der Waals surface area contributed by atoms with E-state index in [1.54, 1.807) is 31.2 Å². The van der Waals surface area contributed by atoms with E-state index in [9.17, 15) is 14.9 Å². The number of carbonyl (C=O) groups is 1. The number of rotatable bonds is 2. The van der Waals surface area contributed by atoms with Gasteiger partial charge in [-0.05, 0) is 12.5 Å². The second kappa shape index (κ2) is 4.48. The van der Waals surface area contributed by atoms with Crippen LogP contribution in [0, 0.1) is 10.1 Å². The number of carbonyl (C=O) groups excluding carboxylic acids is 1. The van der Waals surface area contributed by atoms with Crippen LogP contribution >= 0.6 is 0 Å². The number of nitrogens with zero attached hydrogens (tertiary/aromatic N) is 2. The molecular weight excluding hydrogens is 234 g/mol. The van der Waals surface area contributed by atoms with Crippen molar-refractivity contribution in [2.24, 2.45) is 0 Å². The molecule has 1 heterocycles. The lowest BCUT2D eigenvalue weighted by Crippen LogP contribution is -2.45. The fraction of sp³-hybridized carbons (Fsp3) is 0.250. The molecule has 0 bridgehead atoms. The van der Waals surface area contributed by atoms with Crippen LogP contribution < -0.4 is 5.32 Å². The summed E-state index contributed by atoms with van der Waals surface area (Å²) in [6.45, 7) is 1.58. The molecule has 1 atom stereocenters. The maximum absolute atomic E-state index is 11.7. The van der Waals surface area contributed by atoms with Crippen LogP contribution in [0.4, 0.5) is 4.79 Å². The van der Waals surface area contributed by atoms with Crippen LogP contribution in [-0.4, -0.2) is 22.9 Å². The van der Waals surface area contributed by atoms with Gasteiger partial charge in [-0.3, -0.25) is 15.0 Å². The van der Waals surface area contributed by atoms with E-state index in [2.05, 4.69) is 5.32 Å². The molecule has 0 aliphatic carbocycles. The monoisotopic (exact) mass is 247 g/mol. The van der Waals surface area contributed by atoms with Gasteiger partial charge in [-0.15, -0.1) is 0 Å². The van der Waals surface area contributed by atoms with E-state index < -0.39 is 11.0 Å². The zero-order valence-corrected chi connectivity index (χ0v) is 10.1. The molecule has 0 unspecified atom stereocenters. The molecule has 2 rings (SSSR count). The molecule has 1 aliphatic rings. The third-order valence-corrected chi connectivity index (χ3v) is 3.05. The first kappa shape index (κ1) is 12.1. The Hall–Kier alpha value is -2.37. The first-order valence-corrected chi connectivity index (χ1v) is 5.46. The van der Waals surface area contributed by atoms with Crippen LogP contribution in [0.2, 0.25) is 0 Å². The maximum Gasteiger partial charge on any atom is 0.322 e. The molecule has 0 aromatic heterocycles. The van der Waals surface area contributed by atoms with Gasteiger partial charge in [0.25, 0.3) is 5.70 Å². The van der Waals surface area contributed by atoms with Gasteiger partial charge in [-0.25, -0.2) is 4.79 Å². The molecule has 6 heteroatoms. The van der Waals surface area contributed by atoms with E-state index in [1.807, 2.05) is 6.07 Å². The van der Waals surface area contributed by atoms with Crippen molar-refractivity contribution >= 4 is 6.03 Å². The van der Waals surface area contributed by atoms with Gasteiger partial charge in [0.15, 0.2) is 0 Å². The van der Waals surface area contributed by atoms with Crippen molar-refractivity contribution in [3.05, 3.63) is 57.4 Å². The number of nitro groups is 1. The predicted octanol–water partition coefficient (Wildman–Crippen LogP) is 1.89. The Labute approximate surface area is 104 Å². The molecule has 1 N–H and O–H groups in total. The highest BCUT2D eigenvalue weighted by atomic mass is 16.6. The van der Waals surface area contributed by atoms with Crippen LogP contribution in [0.3, 0.4) is 0 Å². The van der Waals surface area contributed by atoms with Crippen molar-refractivity contribution < 1.29 is 9.72 Å². The van der Waals surface area contributed by atoms with Gasteiger partial charge < -0.3 is 5.32 Å². The van der Waals surface area contributed by atoms with Gasteiger partial charge >= 0.3 is 6.03 Å². The molecule has 0 saturated heterocycles. The maximum atomic E-state index is 11.7. The summed E-state index contributed by atoms with van der Waals surface area (Å²) in [5.74, 6) is 0. The van der Waals surface area contributed by atoms with E-state index in [4.69, 9.17) is 0 Å². The minimum absolute atomic E-state index is 0.00306. The molecule has 0 saturated carbocycles. The summed E-state index contributed by atoms with van der Waals surface area (Å²) in [5, 5.41) is 13.8. The molecule has 1 aromatic carbocycles. The van der Waals surface area contributed by atoms with Gasteiger partial charge in [0.2, 0.25) is 0 Å². The molecule has 18 heavy (non-hydrogen) atoms. The van der Waals surface area contributed by atoms with Crippen LogP contribution in [0.25, 0.3) is 0 Å². The number of hydrogen-bond acceptors (Lipinski definition) is 3. The Morgan fingerprint density at radius 3 is 2.50 bits per heavy atom. The minimum Gasteiger partial charge on any atom is -0.321 e. The molecule has 2 amide bonds. The standard InChI is InChI=1S/C12H13N3O3/c1-8-11(15(17)18)10(13-12(16)14(8)2)9-6-4-3-5-7-9/h3-7,10H,1-2H3,(H,13,16)/t10-/m1/s1. The lowest BCUT2D eigenvalue weighted by atomic mass is 10.0. The summed E-state index contributed by atoms with van der Waals surface area (Å²) < 4.78 is 0. The second-order valence-electron chi connectivity index (χ2n) is 4.08. The molecule has 6 nitrogen and oxygen atoms in total. The smallest absolute Gasteiger partial charge is 0.321 e. The second-order valence-corrected chi connectivity index (χ2v) is 4.08. The molecular formula is C12H13N3O3. The Morgan fingerprint density at radius 2 is 1.94 bits per heavy atom. The van der Waals surface area contributed by atoms with Crippen molar-refractivity contribution in [1.29, 1.82) is 0 Å². The highest BCUT2D eigenvalue weighted by molar-refractivity contribution is 5.78. The summed E-state index contributed by atoms with van der Waals surface area (Å²) in [6.07, 6.45) is 0. The zero-order chi connectivity index (χ0) is 13.3. The van der Waals surface area contributed by atoms with Gasteiger partial charge in [0.05, 0.1) is 10.6 Å². The van der Waals surface area contributed by atoms with E-state index in [0.717, 1.165) is 0 Å². The van der Waals surface area contributed by atoms with E-state index in [1.165, 1.54) is 11.9 Å². The Bertz CT molecular complexity index is 525. The van der Waals surface area contributed by atoms with Gasteiger partial charge in [0.1, 0.15) is 6.04 Å². The Balaban J connectivity index is 2.53. The molecule has 0 spiro atoms. The average molecular weight is 247 g/mol. The lowest BCUT2D eigenvalue weighted by molar-refractivity contribution is -0.433. The van der Waals surface area contributed by atoms with Crippen LogP contribution in [0.5, 0.6) is 0 Å². The van der Waals surface area contributed by atoms with Crippen molar-refractivity contribution in [3.8, 4) is 0 Å². The number of nitrogens with one attached hydrogen (secondary N) is 1. The lowest BCUT2D eigenvalue weighted by Gasteiger charge is -2.29. The molecule has 1 aromatic rings. The van der Waals surface area contributed by atoms with E-state index in [0.29, 0.717) is 11.3 Å². The molecule has 1 aliphatic heterocycles. The molecule has 0 radical (unpaired) electrons. The number of amides is 2. The summed E-state index contributed by atoms with van der Waals surface area (Å²) >= 11 is 0. The van der Waals surface area contributed by atoms with Gasteiger partial charge in [0, 0.05) is 7.05 Å². The summed E-state index contributed by atoms with van der Waals surface area (Å²) in [5.41, 5.74) is 1.06. The predicted molar refractivity (Wildman–Crippen MR) is 65.2 cm³/mol. The average Bonchev–Trinajstić information content (AvgIpc) is 2.36. The summed E-state index contributed by atoms with van der Waals surface area (Å²) in [7, 11) is 1.51. The van der Waals surface area contributed by atoms with Crippen LogP contribution in [-0.2, 0) is 0 Å². The van der Waals surface area contributed by atoms with Crippen molar-refractivity contribution in [2.45, 2.75) is 13.0 Å². The fourth-order valence-electron chi connectivity index (χ4n) is 1.95. The first-order chi connectivity index (χ1) is 8.52. The highest BCUT2D eigenvalue weighted by Gasteiger charge is 2.37. The molecule has 94 valence electrons. The minimum atomic E-state index is -0.704. The third-order valence-electron chi connectivity index (χ3n) is 3.05. The first-order valence-electron chi connectivity index (χ1n) is 5.46. The normalized spacial score (nSPS) is 19.8. The third kappa shape index (κ3) is 1.92. The van der Waals surface area contributed by atoms with Crippen LogP contribution in [0.1, 0.15) is 18.5 Å². The zero-order valence-electron chi connectivity index (χ0n) is 10.1. The van der Waals surface area contributed by atoms with E-state index >= 15 is 0 Å². The van der Waals surface area contributed by atoms with Gasteiger partial charge in [-0.2, -0.15) is 0 Å². The van der Waals surface area contributed by atoms with Crippen molar-refractivity contribution in [2.75, 3.05) is 7.05 Å². The molecule has 0 fully saturated rings. The number of urea groups is 1. The van der Waals surface area contributed by atoms with Gasteiger partial charge in [-0.1, -0.05) is 30.3 Å². The van der Waals surface area contributed by atoms with Crippen molar-refractivity contribution in [3.63, 3.8) is 0 Å². The van der Waals surface area contributed by atoms with Crippen molar-refractivity contribution in [1.82, 2.24) is 10.2 Å². The SMILES string of the molecule is CC1=C([N+](=O)[O-])[C@@H](c2ccccc2)NC(=O)N1C. The topological polar surface area (TPSA) is 75.5 Å². The van der Waals surface area contributed by atoms with E-state index in [-0.39, 0.29) is 11.7 Å². The quantitative estimate of drug-likeness (QED) is 0.640. The summed E-state index contributed by atoms with van der Waals surface area (Å²) in [6, 6.07) is 7.86. The largest absolute Gasteiger partial charge is 0.322 e. The number of benzene rings is 1. The summed E-state index contributed by atoms with van der Waals surface area (Å²) in [4.78, 5) is 23.7. The number of hydrogen-bond donors (Lipinski definition) is 1. The van der Waals surface area contributed by atoms with Crippen LogP contribution in [0.15, 0.2) is 41.7 Å². The Kier molecular flexibility index (Phi) is 3.01. The highest BCUT2D eigenvalue weighted by Crippen LogP contribution is 2.29. The fourth-order valence-corrected chi connectivity index (χ4v) is 1.95.